The zero-order valence-corrected chi connectivity index (χ0v) is 17.3. The fourth-order valence-corrected chi connectivity index (χ4v) is 4.99. The Morgan fingerprint density at radius 2 is 2.07 bits per heavy atom. The molecule has 1 amide bonds. The van der Waals surface area contributed by atoms with Crippen LogP contribution >= 0.6 is 23.2 Å². The van der Waals surface area contributed by atoms with Crippen LogP contribution in [0.2, 0.25) is 10.0 Å². The van der Waals surface area contributed by atoms with Gasteiger partial charge in [-0.2, -0.15) is 5.10 Å². The zero-order valence-electron chi connectivity index (χ0n) is 15.8. The lowest BCUT2D eigenvalue weighted by Gasteiger charge is -2.46. The largest absolute Gasteiger partial charge is 0.327 e. The van der Waals surface area contributed by atoms with E-state index in [4.69, 9.17) is 28.2 Å². The molecule has 0 radical (unpaired) electrons. The summed E-state index contributed by atoms with van der Waals surface area (Å²) in [5.74, 6) is 0.600. The first-order chi connectivity index (χ1) is 14.0. The number of aryl methyl sites for hydroxylation is 1. The van der Waals surface area contributed by atoms with Gasteiger partial charge in [0.1, 0.15) is 5.82 Å². The minimum Gasteiger partial charge on any atom is -0.327 e. The van der Waals surface area contributed by atoms with Gasteiger partial charge >= 0.3 is 0 Å². The molecule has 2 bridgehead atoms. The van der Waals surface area contributed by atoms with Gasteiger partial charge in [0.05, 0.1) is 38.7 Å². The van der Waals surface area contributed by atoms with Gasteiger partial charge in [-0.1, -0.05) is 29.3 Å². The number of hydrogen-bond donors (Lipinski definition) is 1. The van der Waals surface area contributed by atoms with Gasteiger partial charge in [-0.3, -0.25) is 9.89 Å². The van der Waals surface area contributed by atoms with Gasteiger partial charge in [0, 0.05) is 17.8 Å². The van der Waals surface area contributed by atoms with E-state index in [2.05, 4.69) is 15.2 Å². The van der Waals surface area contributed by atoms with E-state index >= 15 is 0 Å². The summed E-state index contributed by atoms with van der Waals surface area (Å²) < 4.78 is 0. The second-order valence-corrected chi connectivity index (χ2v) is 8.36. The molecule has 2 unspecified atom stereocenters. The SMILES string of the molecule is Cc1nc(-c2ccn[nH]2)c2c(n1)C1CCCC(C2)N1C(=O)c1cccc(Cl)c1Cl. The van der Waals surface area contributed by atoms with Gasteiger partial charge in [-0.15, -0.1) is 0 Å². The molecule has 0 spiro atoms. The van der Waals surface area contributed by atoms with Gasteiger partial charge in [0.2, 0.25) is 0 Å². The van der Waals surface area contributed by atoms with Gasteiger partial charge < -0.3 is 4.90 Å². The summed E-state index contributed by atoms with van der Waals surface area (Å²) in [4.78, 5) is 24.9. The molecule has 1 saturated heterocycles. The third-order valence-electron chi connectivity index (χ3n) is 5.82. The number of hydrogen-bond acceptors (Lipinski definition) is 4. The molecule has 0 aliphatic carbocycles. The van der Waals surface area contributed by atoms with E-state index in [0.29, 0.717) is 27.9 Å². The molecular formula is C21H19Cl2N5O. The highest BCUT2D eigenvalue weighted by Gasteiger charge is 2.43. The molecule has 148 valence electrons. The minimum atomic E-state index is -0.0941. The molecule has 3 aromatic rings. The number of amides is 1. The Labute approximate surface area is 178 Å². The summed E-state index contributed by atoms with van der Waals surface area (Å²) in [7, 11) is 0. The summed E-state index contributed by atoms with van der Waals surface area (Å²) in [6.07, 6.45) is 5.30. The van der Waals surface area contributed by atoms with Crippen molar-refractivity contribution >= 4 is 29.1 Å². The standard InChI is InChI=1S/C21H19Cl2N5O/c1-11-25-19(16-8-9-24-27-16)14-10-12-4-2-7-17(20(14)26-11)28(12)21(29)13-5-3-6-15(22)18(13)23/h3,5-6,8-9,12,17H,2,4,7,10H2,1H3,(H,24,27). The number of halogens is 2. The van der Waals surface area contributed by atoms with Crippen molar-refractivity contribution in [1.29, 1.82) is 0 Å². The number of aromatic amines is 1. The van der Waals surface area contributed by atoms with Crippen molar-refractivity contribution in [3.63, 3.8) is 0 Å². The van der Waals surface area contributed by atoms with E-state index in [1.165, 1.54) is 0 Å². The van der Waals surface area contributed by atoms with Crippen molar-refractivity contribution in [2.45, 2.75) is 44.7 Å². The fraction of sp³-hybridized carbons (Fsp3) is 0.333. The quantitative estimate of drug-likeness (QED) is 0.638. The molecule has 8 heteroatoms. The van der Waals surface area contributed by atoms with E-state index in [9.17, 15) is 4.79 Å². The molecule has 1 fully saturated rings. The molecule has 29 heavy (non-hydrogen) atoms. The number of fused-ring (bicyclic) bond motifs is 4. The number of carbonyl (C=O) groups excluding carboxylic acids is 1. The van der Waals surface area contributed by atoms with E-state index in [1.54, 1.807) is 24.4 Å². The number of nitrogens with one attached hydrogen (secondary N) is 1. The Hall–Kier alpha value is -2.44. The second-order valence-electron chi connectivity index (χ2n) is 7.57. The highest BCUT2D eigenvalue weighted by Crippen LogP contribution is 2.44. The first kappa shape index (κ1) is 18.6. The first-order valence-electron chi connectivity index (χ1n) is 9.68. The van der Waals surface area contributed by atoms with Gasteiger partial charge in [0.25, 0.3) is 5.91 Å². The Bertz CT molecular complexity index is 1100. The summed E-state index contributed by atoms with van der Waals surface area (Å²) in [5, 5.41) is 7.78. The summed E-state index contributed by atoms with van der Waals surface area (Å²) >= 11 is 12.5. The maximum Gasteiger partial charge on any atom is 0.256 e. The average molecular weight is 428 g/mol. The number of benzene rings is 1. The molecule has 1 N–H and O–H groups in total. The van der Waals surface area contributed by atoms with Crippen LogP contribution in [0.25, 0.3) is 11.4 Å². The van der Waals surface area contributed by atoms with Crippen LogP contribution in [-0.2, 0) is 6.42 Å². The van der Waals surface area contributed by atoms with E-state index in [0.717, 1.165) is 41.9 Å². The van der Waals surface area contributed by atoms with Crippen LogP contribution in [0, 0.1) is 6.92 Å². The van der Waals surface area contributed by atoms with Gasteiger partial charge in [-0.25, -0.2) is 9.97 Å². The zero-order chi connectivity index (χ0) is 20.1. The van der Waals surface area contributed by atoms with Crippen LogP contribution in [0.15, 0.2) is 30.5 Å². The van der Waals surface area contributed by atoms with Crippen molar-refractivity contribution in [2.75, 3.05) is 0 Å². The molecular weight excluding hydrogens is 409 g/mol. The molecule has 5 rings (SSSR count). The molecule has 2 aliphatic heterocycles. The Morgan fingerprint density at radius 3 is 2.86 bits per heavy atom. The number of aromatic nitrogens is 4. The molecule has 2 aliphatic rings. The summed E-state index contributed by atoms with van der Waals surface area (Å²) in [5.41, 5.74) is 4.25. The Morgan fingerprint density at radius 1 is 1.21 bits per heavy atom. The first-order valence-corrected chi connectivity index (χ1v) is 10.4. The topological polar surface area (TPSA) is 74.8 Å². The van der Waals surface area contributed by atoms with Crippen LogP contribution in [0.4, 0.5) is 0 Å². The van der Waals surface area contributed by atoms with E-state index in [-0.39, 0.29) is 18.0 Å². The Balaban J connectivity index is 1.62. The number of piperidine rings is 1. The van der Waals surface area contributed by atoms with Crippen LogP contribution in [0.3, 0.4) is 0 Å². The normalized spacial score (nSPS) is 20.4. The van der Waals surface area contributed by atoms with E-state index < -0.39 is 0 Å². The summed E-state index contributed by atoms with van der Waals surface area (Å²) in [6, 6.07) is 7.10. The van der Waals surface area contributed by atoms with Crippen LogP contribution < -0.4 is 0 Å². The third-order valence-corrected chi connectivity index (χ3v) is 6.64. The lowest BCUT2D eigenvalue weighted by atomic mass is 9.81. The number of H-pyrrole nitrogens is 1. The molecule has 4 heterocycles. The monoisotopic (exact) mass is 427 g/mol. The molecule has 2 aromatic heterocycles. The van der Waals surface area contributed by atoms with Crippen molar-refractivity contribution in [3.05, 3.63) is 63.2 Å². The lowest BCUT2D eigenvalue weighted by Crippen LogP contribution is -2.50. The predicted octanol–water partition coefficient (Wildman–Crippen LogP) is 4.77. The third kappa shape index (κ3) is 3.02. The fourth-order valence-electron chi connectivity index (χ4n) is 4.60. The minimum absolute atomic E-state index is 0.0803. The highest BCUT2D eigenvalue weighted by molar-refractivity contribution is 6.43. The Kier molecular flexibility index (Phi) is 4.56. The molecule has 0 saturated carbocycles. The average Bonchev–Trinajstić information content (AvgIpc) is 3.24. The highest BCUT2D eigenvalue weighted by atomic mass is 35.5. The van der Waals surface area contributed by atoms with Crippen LogP contribution in [0.1, 0.15) is 52.7 Å². The van der Waals surface area contributed by atoms with Crippen molar-refractivity contribution in [3.8, 4) is 11.4 Å². The second kappa shape index (κ2) is 7.11. The van der Waals surface area contributed by atoms with Crippen LogP contribution in [-0.4, -0.2) is 37.0 Å². The molecule has 1 aromatic carbocycles. The van der Waals surface area contributed by atoms with Gasteiger partial charge in [0.15, 0.2) is 0 Å². The van der Waals surface area contributed by atoms with Crippen molar-refractivity contribution < 1.29 is 4.79 Å². The maximum atomic E-state index is 13.5. The number of rotatable bonds is 2. The maximum absolute atomic E-state index is 13.5. The van der Waals surface area contributed by atoms with Crippen molar-refractivity contribution in [1.82, 2.24) is 25.1 Å². The lowest BCUT2D eigenvalue weighted by molar-refractivity contribution is 0.0389. The molecule has 2 atom stereocenters. The predicted molar refractivity (Wildman–Crippen MR) is 111 cm³/mol. The van der Waals surface area contributed by atoms with Crippen LogP contribution in [0.5, 0.6) is 0 Å². The van der Waals surface area contributed by atoms with Gasteiger partial charge in [-0.05, 0) is 50.8 Å². The number of carbonyl (C=O) groups is 1. The summed E-state index contributed by atoms with van der Waals surface area (Å²) in [6.45, 7) is 1.88. The molecule has 6 nitrogen and oxygen atoms in total. The van der Waals surface area contributed by atoms with E-state index in [1.807, 2.05) is 17.9 Å². The smallest absolute Gasteiger partial charge is 0.256 e. The number of nitrogens with zero attached hydrogens (tertiary/aromatic N) is 4. The van der Waals surface area contributed by atoms with Crippen molar-refractivity contribution in [2.24, 2.45) is 0 Å².